The zero-order valence-electron chi connectivity index (χ0n) is 11.3. The molecule has 0 saturated heterocycles. The lowest BCUT2D eigenvalue weighted by atomic mass is 10.2. The molecule has 3 nitrogen and oxygen atoms in total. The van der Waals surface area contributed by atoms with E-state index in [1.54, 1.807) is 23.5 Å². The lowest BCUT2D eigenvalue weighted by Gasteiger charge is -2.05. The minimum atomic E-state index is -0.893. The number of carbonyl (C=O) groups excluding carboxylic acids is 1. The van der Waals surface area contributed by atoms with Crippen LogP contribution in [0.25, 0.3) is 11.3 Å². The minimum Gasteiger partial charge on any atom is -0.459 e. The van der Waals surface area contributed by atoms with Gasteiger partial charge in [-0.05, 0) is 35.7 Å². The van der Waals surface area contributed by atoms with Crippen molar-refractivity contribution in [2.75, 3.05) is 0 Å². The van der Waals surface area contributed by atoms with Gasteiger partial charge in [0.1, 0.15) is 28.7 Å². The van der Waals surface area contributed by atoms with Gasteiger partial charge in [-0.2, -0.15) is 11.3 Å². The molecule has 0 radical (unpaired) electrons. The fourth-order valence-electron chi connectivity index (χ4n) is 2.00. The fraction of sp³-hybridized carbons (Fsp3) is 0.0625. The number of carbonyl (C=O) groups is 1. The Bertz CT molecular complexity index is 776. The van der Waals surface area contributed by atoms with E-state index in [9.17, 15) is 13.6 Å². The summed E-state index contributed by atoms with van der Waals surface area (Å²) < 4.78 is 32.6. The van der Waals surface area contributed by atoms with Crippen LogP contribution in [-0.2, 0) is 6.54 Å². The van der Waals surface area contributed by atoms with E-state index in [0.717, 1.165) is 17.7 Å². The Labute approximate surface area is 129 Å². The summed E-state index contributed by atoms with van der Waals surface area (Å²) in [6.07, 6.45) is 0. The van der Waals surface area contributed by atoms with Crippen molar-refractivity contribution in [3.63, 3.8) is 0 Å². The van der Waals surface area contributed by atoms with Gasteiger partial charge >= 0.3 is 0 Å². The number of benzene rings is 1. The van der Waals surface area contributed by atoms with Crippen molar-refractivity contribution in [2.45, 2.75) is 6.54 Å². The van der Waals surface area contributed by atoms with Crippen molar-refractivity contribution in [1.29, 1.82) is 0 Å². The first-order valence-corrected chi connectivity index (χ1v) is 7.43. The molecule has 6 heteroatoms. The van der Waals surface area contributed by atoms with Gasteiger partial charge in [-0.25, -0.2) is 8.78 Å². The van der Waals surface area contributed by atoms with Gasteiger partial charge in [0.15, 0.2) is 0 Å². The van der Waals surface area contributed by atoms with Gasteiger partial charge in [-0.1, -0.05) is 6.07 Å². The van der Waals surface area contributed by atoms with Crippen molar-refractivity contribution in [3.05, 3.63) is 70.1 Å². The van der Waals surface area contributed by atoms with Crippen molar-refractivity contribution >= 4 is 17.2 Å². The van der Waals surface area contributed by atoms with E-state index in [-0.39, 0.29) is 6.54 Å². The van der Waals surface area contributed by atoms with Gasteiger partial charge in [-0.15, -0.1) is 0 Å². The fourth-order valence-corrected chi connectivity index (χ4v) is 2.65. The molecule has 1 aromatic carbocycles. The molecule has 0 fully saturated rings. The van der Waals surface area contributed by atoms with E-state index >= 15 is 0 Å². The van der Waals surface area contributed by atoms with Crippen molar-refractivity contribution in [3.8, 4) is 11.3 Å². The third-order valence-electron chi connectivity index (χ3n) is 3.08. The first-order chi connectivity index (χ1) is 10.6. The standard InChI is InChI=1S/C16H11F2NO2S/c17-12-2-1-3-13(18)15(12)16(20)19-8-11-4-5-14(21-11)10-6-7-22-9-10/h1-7,9H,8H2,(H,19,20). The van der Waals surface area contributed by atoms with Crippen LogP contribution < -0.4 is 5.32 Å². The Balaban J connectivity index is 1.69. The molecule has 2 aromatic heterocycles. The summed E-state index contributed by atoms with van der Waals surface area (Å²) in [5.74, 6) is -1.41. The number of thiophene rings is 1. The Hall–Kier alpha value is -2.47. The summed E-state index contributed by atoms with van der Waals surface area (Å²) in [6, 6.07) is 8.71. The third-order valence-corrected chi connectivity index (χ3v) is 3.76. The minimum absolute atomic E-state index is 0.0523. The molecule has 1 amide bonds. The second-order valence-electron chi connectivity index (χ2n) is 4.56. The summed E-state index contributed by atoms with van der Waals surface area (Å²) in [5, 5.41) is 6.32. The van der Waals surface area contributed by atoms with Crippen LogP contribution >= 0.6 is 11.3 Å². The molecule has 0 saturated carbocycles. The Morgan fingerprint density at radius 2 is 1.91 bits per heavy atom. The van der Waals surface area contributed by atoms with Gasteiger partial charge in [0.05, 0.1) is 6.54 Å². The molecule has 0 aliphatic carbocycles. The SMILES string of the molecule is O=C(NCc1ccc(-c2ccsc2)o1)c1c(F)cccc1F. The maximum atomic E-state index is 13.5. The number of hydrogen-bond acceptors (Lipinski definition) is 3. The maximum absolute atomic E-state index is 13.5. The van der Waals surface area contributed by atoms with Crippen molar-refractivity contribution < 1.29 is 18.0 Å². The summed E-state index contributed by atoms with van der Waals surface area (Å²) >= 11 is 1.55. The molecule has 0 aliphatic heterocycles. The lowest BCUT2D eigenvalue weighted by molar-refractivity contribution is 0.0939. The normalized spacial score (nSPS) is 10.6. The molecule has 3 rings (SSSR count). The van der Waals surface area contributed by atoms with E-state index in [1.807, 2.05) is 16.8 Å². The predicted molar refractivity (Wildman–Crippen MR) is 79.5 cm³/mol. The molecule has 0 bridgehead atoms. The number of nitrogens with one attached hydrogen (secondary N) is 1. The van der Waals surface area contributed by atoms with Crippen LogP contribution in [0, 0.1) is 11.6 Å². The molecule has 0 aliphatic rings. The zero-order chi connectivity index (χ0) is 15.5. The van der Waals surface area contributed by atoms with Crippen molar-refractivity contribution in [2.24, 2.45) is 0 Å². The molecule has 0 spiro atoms. The topological polar surface area (TPSA) is 42.2 Å². The highest BCUT2D eigenvalue weighted by Gasteiger charge is 2.17. The molecule has 2 heterocycles. The van der Waals surface area contributed by atoms with Crippen LogP contribution in [-0.4, -0.2) is 5.91 Å². The molecule has 0 atom stereocenters. The lowest BCUT2D eigenvalue weighted by Crippen LogP contribution is -2.24. The monoisotopic (exact) mass is 319 g/mol. The first kappa shape index (κ1) is 14.5. The molecule has 3 aromatic rings. The van der Waals surface area contributed by atoms with E-state index in [2.05, 4.69) is 5.32 Å². The molecule has 0 unspecified atom stereocenters. The molecular formula is C16H11F2NO2S. The van der Waals surface area contributed by atoms with Gasteiger partial charge < -0.3 is 9.73 Å². The number of furan rings is 1. The Morgan fingerprint density at radius 1 is 1.14 bits per heavy atom. The summed E-state index contributed by atoms with van der Waals surface area (Å²) in [4.78, 5) is 11.9. The van der Waals surface area contributed by atoms with E-state index in [1.165, 1.54) is 6.07 Å². The number of amides is 1. The average molecular weight is 319 g/mol. The molecule has 112 valence electrons. The summed E-state index contributed by atoms with van der Waals surface area (Å²) in [7, 11) is 0. The summed E-state index contributed by atoms with van der Waals surface area (Å²) in [5.41, 5.74) is 0.356. The summed E-state index contributed by atoms with van der Waals surface area (Å²) in [6.45, 7) is 0.0523. The second kappa shape index (κ2) is 6.11. The number of halogens is 2. The van der Waals surface area contributed by atoms with Gasteiger partial charge in [0, 0.05) is 10.9 Å². The molecule has 1 N–H and O–H groups in total. The first-order valence-electron chi connectivity index (χ1n) is 6.48. The highest BCUT2D eigenvalue weighted by atomic mass is 32.1. The smallest absolute Gasteiger partial charge is 0.257 e. The van der Waals surface area contributed by atoms with Gasteiger partial charge in [-0.3, -0.25) is 4.79 Å². The Morgan fingerprint density at radius 3 is 2.59 bits per heavy atom. The van der Waals surface area contributed by atoms with Crippen LogP contribution in [0.5, 0.6) is 0 Å². The molecular weight excluding hydrogens is 308 g/mol. The van der Waals surface area contributed by atoms with E-state index in [4.69, 9.17) is 4.42 Å². The average Bonchev–Trinajstić information content (AvgIpc) is 3.16. The molecule has 22 heavy (non-hydrogen) atoms. The second-order valence-corrected chi connectivity index (χ2v) is 5.34. The Kier molecular flexibility index (Phi) is 4.02. The van der Waals surface area contributed by atoms with Crippen LogP contribution in [0.15, 0.2) is 51.6 Å². The van der Waals surface area contributed by atoms with Crippen LogP contribution in [0.2, 0.25) is 0 Å². The largest absolute Gasteiger partial charge is 0.459 e. The van der Waals surface area contributed by atoms with Crippen LogP contribution in [0.3, 0.4) is 0 Å². The number of rotatable bonds is 4. The van der Waals surface area contributed by atoms with Gasteiger partial charge in [0.2, 0.25) is 0 Å². The van der Waals surface area contributed by atoms with Gasteiger partial charge in [0.25, 0.3) is 5.91 Å². The zero-order valence-corrected chi connectivity index (χ0v) is 12.1. The third kappa shape index (κ3) is 2.92. The quantitative estimate of drug-likeness (QED) is 0.782. The van der Waals surface area contributed by atoms with Crippen molar-refractivity contribution in [1.82, 2.24) is 5.32 Å². The van der Waals surface area contributed by atoms with E-state index in [0.29, 0.717) is 11.5 Å². The van der Waals surface area contributed by atoms with Crippen LogP contribution in [0.4, 0.5) is 8.78 Å². The number of hydrogen-bond donors (Lipinski definition) is 1. The predicted octanol–water partition coefficient (Wildman–Crippen LogP) is 4.22. The maximum Gasteiger partial charge on any atom is 0.257 e. The highest BCUT2D eigenvalue weighted by Crippen LogP contribution is 2.24. The van der Waals surface area contributed by atoms with Crippen LogP contribution in [0.1, 0.15) is 16.1 Å². The highest BCUT2D eigenvalue weighted by molar-refractivity contribution is 7.08. The van der Waals surface area contributed by atoms with E-state index < -0.39 is 23.1 Å².